The van der Waals surface area contributed by atoms with Crippen LogP contribution < -0.4 is 0 Å². The van der Waals surface area contributed by atoms with E-state index < -0.39 is 12.1 Å². The van der Waals surface area contributed by atoms with Gasteiger partial charge in [-0.05, 0) is 32.1 Å². The zero-order valence-corrected chi connectivity index (χ0v) is 11.4. The van der Waals surface area contributed by atoms with Crippen molar-refractivity contribution in [3.05, 3.63) is 0 Å². The topological polar surface area (TPSA) is 66.8 Å². The average molecular weight is 257 g/mol. The second-order valence-electron chi connectivity index (χ2n) is 5.29. The van der Waals surface area contributed by atoms with E-state index in [1.54, 1.807) is 6.92 Å². The van der Waals surface area contributed by atoms with E-state index in [-0.39, 0.29) is 18.5 Å². The first-order chi connectivity index (χ1) is 8.41. The summed E-state index contributed by atoms with van der Waals surface area (Å²) >= 11 is 0. The number of rotatable bonds is 8. The number of carbonyl (C=O) groups is 2. The van der Waals surface area contributed by atoms with Crippen LogP contribution in [0.2, 0.25) is 0 Å². The van der Waals surface area contributed by atoms with E-state index in [4.69, 9.17) is 9.84 Å². The molecule has 1 unspecified atom stereocenters. The van der Waals surface area contributed by atoms with Gasteiger partial charge in [-0.25, -0.2) is 0 Å². The maximum Gasteiger partial charge on any atom is 0.323 e. The highest BCUT2D eigenvalue weighted by atomic mass is 16.5. The Hall–Kier alpha value is -1.10. The number of carbonyl (C=O) groups excluding carboxylic acids is 1. The largest absolute Gasteiger partial charge is 0.480 e. The molecule has 18 heavy (non-hydrogen) atoms. The Bertz CT molecular complexity index is 299. The summed E-state index contributed by atoms with van der Waals surface area (Å²) in [6.45, 7) is 6.20. The van der Waals surface area contributed by atoms with Crippen LogP contribution in [-0.2, 0) is 14.3 Å². The molecule has 1 N–H and O–H groups in total. The van der Waals surface area contributed by atoms with E-state index in [0.717, 1.165) is 19.3 Å². The smallest absolute Gasteiger partial charge is 0.323 e. The van der Waals surface area contributed by atoms with E-state index in [1.165, 1.54) is 4.90 Å². The van der Waals surface area contributed by atoms with Gasteiger partial charge in [0.05, 0.1) is 0 Å². The Morgan fingerprint density at radius 3 is 2.39 bits per heavy atom. The Morgan fingerprint density at radius 2 is 1.94 bits per heavy atom. The number of hydrogen-bond donors (Lipinski definition) is 1. The minimum atomic E-state index is -0.968. The van der Waals surface area contributed by atoms with Gasteiger partial charge in [-0.3, -0.25) is 9.59 Å². The molecule has 0 spiro atoms. The van der Waals surface area contributed by atoms with E-state index in [1.807, 2.05) is 0 Å². The van der Waals surface area contributed by atoms with Gasteiger partial charge in [0, 0.05) is 12.6 Å². The third kappa shape index (κ3) is 5.04. The summed E-state index contributed by atoms with van der Waals surface area (Å²) in [5, 5.41) is 8.81. The van der Waals surface area contributed by atoms with Gasteiger partial charge in [-0.15, -0.1) is 0 Å². The van der Waals surface area contributed by atoms with Crippen LogP contribution in [0, 0.1) is 5.92 Å². The molecule has 0 radical (unpaired) electrons. The standard InChI is InChI=1S/C13H23NO4/c1-9(2)6-7-18-10(3)13(17)14(8-12(15)16)11-4-5-11/h9-11H,4-8H2,1-3H3,(H,15,16). The number of hydrogen-bond acceptors (Lipinski definition) is 3. The lowest BCUT2D eigenvalue weighted by Gasteiger charge is -2.24. The molecular weight excluding hydrogens is 234 g/mol. The van der Waals surface area contributed by atoms with Crippen LogP contribution in [0.25, 0.3) is 0 Å². The molecule has 0 aromatic heterocycles. The molecule has 0 aromatic rings. The quantitative estimate of drug-likeness (QED) is 0.716. The Kier molecular flexibility index (Phi) is 5.59. The van der Waals surface area contributed by atoms with E-state index in [9.17, 15) is 9.59 Å². The molecule has 0 heterocycles. The molecule has 1 aliphatic carbocycles. The molecule has 1 rings (SSSR count). The van der Waals surface area contributed by atoms with Crippen LogP contribution in [0.5, 0.6) is 0 Å². The summed E-state index contributed by atoms with van der Waals surface area (Å²) in [5.41, 5.74) is 0. The lowest BCUT2D eigenvalue weighted by Crippen LogP contribution is -2.43. The molecule has 1 atom stereocenters. The van der Waals surface area contributed by atoms with Crippen LogP contribution in [0.3, 0.4) is 0 Å². The van der Waals surface area contributed by atoms with Gasteiger partial charge in [0.15, 0.2) is 0 Å². The summed E-state index contributed by atoms with van der Waals surface area (Å²) < 4.78 is 5.47. The Morgan fingerprint density at radius 1 is 1.33 bits per heavy atom. The zero-order chi connectivity index (χ0) is 13.7. The first-order valence-corrected chi connectivity index (χ1v) is 6.55. The van der Waals surface area contributed by atoms with Crippen molar-refractivity contribution in [1.29, 1.82) is 0 Å². The molecule has 104 valence electrons. The van der Waals surface area contributed by atoms with Crippen molar-refractivity contribution < 1.29 is 19.4 Å². The first kappa shape index (κ1) is 15.0. The summed E-state index contributed by atoms with van der Waals surface area (Å²) in [7, 11) is 0. The van der Waals surface area contributed by atoms with Gasteiger partial charge in [0.2, 0.25) is 0 Å². The van der Waals surface area contributed by atoms with Crippen molar-refractivity contribution in [2.24, 2.45) is 5.92 Å². The number of ether oxygens (including phenoxy) is 1. The van der Waals surface area contributed by atoms with Crippen molar-refractivity contribution in [3.63, 3.8) is 0 Å². The van der Waals surface area contributed by atoms with Crippen LogP contribution in [0.4, 0.5) is 0 Å². The number of amides is 1. The highest BCUT2D eigenvalue weighted by molar-refractivity contribution is 5.85. The molecule has 1 saturated carbocycles. The van der Waals surface area contributed by atoms with Crippen LogP contribution in [0.15, 0.2) is 0 Å². The van der Waals surface area contributed by atoms with Crippen molar-refractivity contribution in [2.75, 3.05) is 13.2 Å². The van der Waals surface area contributed by atoms with Gasteiger partial charge < -0.3 is 14.7 Å². The molecular formula is C13H23NO4. The number of aliphatic carboxylic acids is 1. The minimum absolute atomic E-state index is 0.102. The fourth-order valence-corrected chi connectivity index (χ4v) is 1.70. The second kappa shape index (κ2) is 6.73. The number of carboxylic acids is 1. The SMILES string of the molecule is CC(C)CCOC(C)C(=O)N(CC(=O)O)C1CC1. The molecule has 0 aliphatic heterocycles. The van der Waals surface area contributed by atoms with Crippen molar-refractivity contribution in [1.82, 2.24) is 4.90 Å². The highest BCUT2D eigenvalue weighted by Gasteiger charge is 2.35. The van der Waals surface area contributed by atoms with Gasteiger partial charge in [0.25, 0.3) is 5.91 Å². The summed E-state index contributed by atoms with van der Waals surface area (Å²) in [5.74, 6) is -0.640. The molecule has 5 nitrogen and oxygen atoms in total. The second-order valence-corrected chi connectivity index (χ2v) is 5.29. The first-order valence-electron chi connectivity index (χ1n) is 6.55. The van der Waals surface area contributed by atoms with Gasteiger partial charge >= 0.3 is 5.97 Å². The minimum Gasteiger partial charge on any atom is -0.480 e. The molecule has 5 heteroatoms. The van der Waals surface area contributed by atoms with Gasteiger partial charge in [-0.1, -0.05) is 13.8 Å². The fraction of sp³-hybridized carbons (Fsp3) is 0.846. The summed E-state index contributed by atoms with van der Waals surface area (Å²) in [6, 6.07) is 0.102. The van der Waals surface area contributed by atoms with Crippen LogP contribution in [0.1, 0.15) is 40.0 Å². The molecule has 1 amide bonds. The van der Waals surface area contributed by atoms with E-state index in [2.05, 4.69) is 13.8 Å². The zero-order valence-electron chi connectivity index (χ0n) is 11.4. The van der Waals surface area contributed by atoms with Crippen molar-refractivity contribution >= 4 is 11.9 Å². The van der Waals surface area contributed by atoms with Gasteiger partial charge in [-0.2, -0.15) is 0 Å². The predicted octanol–water partition coefficient (Wildman–Crippen LogP) is 1.51. The maximum atomic E-state index is 12.1. The van der Waals surface area contributed by atoms with E-state index >= 15 is 0 Å². The summed E-state index contributed by atoms with van der Waals surface area (Å²) in [4.78, 5) is 24.2. The number of carboxylic acid groups (broad SMARTS) is 1. The van der Waals surface area contributed by atoms with Crippen LogP contribution in [-0.4, -0.2) is 47.2 Å². The monoisotopic (exact) mass is 257 g/mol. The molecule has 0 saturated heterocycles. The lowest BCUT2D eigenvalue weighted by atomic mass is 10.1. The molecule has 0 aromatic carbocycles. The lowest BCUT2D eigenvalue weighted by molar-refractivity contribution is -0.150. The molecule has 1 aliphatic rings. The average Bonchev–Trinajstić information content (AvgIpc) is 3.07. The van der Waals surface area contributed by atoms with E-state index in [0.29, 0.717) is 12.5 Å². The Balaban J connectivity index is 2.41. The molecule has 1 fully saturated rings. The normalized spacial score (nSPS) is 16.7. The molecule has 0 bridgehead atoms. The highest BCUT2D eigenvalue weighted by Crippen LogP contribution is 2.27. The van der Waals surface area contributed by atoms with Gasteiger partial charge in [0.1, 0.15) is 12.6 Å². The van der Waals surface area contributed by atoms with Crippen LogP contribution >= 0.6 is 0 Å². The van der Waals surface area contributed by atoms with Crippen molar-refractivity contribution in [2.45, 2.75) is 52.2 Å². The maximum absolute atomic E-state index is 12.1. The Labute approximate surface area is 108 Å². The number of nitrogens with zero attached hydrogens (tertiary/aromatic N) is 1. The third-order valence-electron chi connectivity index (χ3n) is 2.99. The predicted molar refractivity (Wildman–Crippen MR) is 67.2 cm³/mol. The van der Waals surface area contributed by atoms with Crippen molar-refractivity contribution in [3.8, 4) is 0 Å². The third-order valence-corrected chi connectivity index (χ3v) is 2.99. The fourth-order valence-electron chi connectivity index (χ4n) is 1.70. The summed E-state index contributed by atoms with van der Waals surface area (Å²) in [6.07, 6.45) is 2.15.